The van der Waals surface area contributed by atoms with E-state index in [1.807, 2.05) is 38.1 Å². The Morgan fingerprint density at radius 1 is 1.21 bits per heavy atom. The number of hydrogen-bond acceptors (Lipinski definition) is 2. The third-order valence-corrected chi connectivity index (χ3v) is 2.44. The van der Waals surface area contributed by atoms with Gasteiger partial charge >= 0.3 is 0 Å². The molecule has 0 amide bonds. The van der Waals surface area contributed by atoms with Gasteiger partial charge in [0, 0.05) is 10.8 Å². The Morgan fingerprint density at radius 3 is 2.64 bits per heavy atom. The molecule has 74 valence electrons. The second-order valence-corrected chi connectivity index (χ2v) is 3.88. The largest absolute Gasteiger partial charge is 0.465 e. The van der Waals surface area contributed by atoms with Crippen molar-refractivity contribution >= 4 is 10.8 Å². The molecule has 0 spiro atoms. The van der Waals surface area contributed by atoms with Crippen LogP contribution in [0.3, 0.4) is 0 Å². The highest BCUT2D eigenvalue weighted by molar-refractivity contribution is 5.84. The van der Waals surface area contributed by atoms with Crippen LogP contribution in [0.25, 0.3) is 10.8 Å². The van der Waals surface area contributed by atoms with Crippen LogP contribution in [0.2, 0.25) is 0 Å². The van der Waals surface area contributed by atoms with Gasteiger partial charge in [-0.15, -0.1) is 0 Å². The smallest absolute Gasteiger partial charge is 0.140 e. The van der Waals surface area contributed by atoms with Gasteiger partial charge in [-0.1, -0.05) is 38.1 Å². The zero-order valence-corrected chi connectivity index (χ0v) is 8.40. The molecule has 0 aliphatic heterocycles. The molecule has 0 saturated carbocycles. The zero-order valence-electron chi connectivity index (χ0n) is 8.40. The first-order chi connectivity index (χ1) is 6.70. The average Bonchev–Trinajstić information content (AvgIpc) is 2.60. The predicted molar refractivity (Wildman–Crippen MR) is 56.0 cm³/mol. The molecule has 1 heterocycles. The summed E-state index contributed by atoms with van der Waals surface area (Å²) in [5.41, 5.74) is 0. The van der Waals surface area contributed by atoms with Gasteiger partial charge < -0.3 is 9.52 Å². The molecule has 1 aromatic carbocycles. The molecule has 1 atom stereocenters. The maximum absolute atomic E-state index is 9.89. The standard InChI is InChI=1S/C12H14O2/c1-8(2)11(13)12-10-6-4-3-5-9(10)7-14-12/h3-8,11,13H,1-2H3. The summed E-state index contributed by atoms with van der Waals surface area (Å²) in [6.07, 6.45) is 1.17. The lowest BCUT2D eigenvalue weighted by Gasteiger charge is -2.11. The molecular formula is C12H14O2. The van der Waals surface area contributed by atoms with Crippen LogP contribution >= 0.6 is 0 Å². The Morgan fingerprint density at radius 2 is 1.93 bits per heavy atom. The van der Waals surface area contributed by atoms with Crippen molar-refractivity contribution in [3.63, 3.8) is 0 Å². The summed E-state index contributed by atoms with van der Waals surface area (Å²) in [7, 11) is 0. The van der Waals surface area contributed by atoms with Crippen molar-refractivity contribution in [2.24, 2.45) is 5.92 Å². The van der Waals surface area contributed by atoms with Crippen molar-refractivity contribution in [2.45, 2.75) is 20.0 Å². The fourth-order valence-electron chi connectivity index (χ4n) is 1.55. The lowest BCUT2D eigenvalue weighted by Crippen LogP contribution is -2.04. The lowest BCUT2D eigenvalue weighted by atomic mass is 10.0. The van der Waals surface area contributed by atoms with Crippen molar-refractivity contribution in [3.8, 4) is 0 Å². The second-order valence-electron chi connectivity index (χ2n) is 3.88. The van der Waals surface area contributed by atoms with E-state index in [1.54, 1.807) is 6.26 Å². The molecule has 0 radical (unpaired) electrons. The topological polar surface area (TPSA) is 33.4 Å². The first-order valence-electron chi connectivity index (χ1n) is 4.84. The molecule has 2 aromatic rings. The van der Waals surface area contributed by atoms with Crippen LogP contribution in [0.5, 0.6) is 0 Å². The minimum atomic E-state index is -0.519. The van der Waals surface area contributed by atoms with Crippen LogP contribution < -0.4 is 0 Å². The number of aliphatic hydroxyl groups excluding tert-OH is 1. The quantitative estimate of drug-likeness (QED) is 0.789. The Hall–Kier alpha value is -1.28. The van der Waals surface area contributed by atoms with E-state index in [1.165, 1.54) is 0 Å². The fourth-order valence-corrected chi connectivity index (χ4v) is 1.55. The van der Waals surface area contributed by atoms with E-state index >= 15 is 0 Å². The minimum Gasteiger partial charge on any atom is -0.465 e. The number of furan rings is 1. The van der Waals surface area contributed by atoms with Crippen molar-refractivity contribution in [2.75, 3.05) is 0 Å². The van der Waals surface area contributed by atoms with Gasteiger partial charge in [0.05, 0.1) is 6.26 Å². The number of aliphatic hydroxyl groups is 1. The van der Waals surface area contributed by atoms with Gasteiger partial charge in [0.15, 0.2) is 0 Å². The molecule has 0 aliphatic carbocycles. The molecule has 1 unspecified atom stereocenters. The summed E-state index contributed by atoms with van der Waals surface area (Å²) in [5.74, 6) is 0.847. The predicted octanol–water partition coefficient (Wildman–Crippen LogP) is 3.12. The van der Waals surface area contributed by atoms with E-state index in [9.17, 15) is 5.11 Å². The van der Waals surface area contributed by atoms with Gasteiger partial charge in [-0.2, -0.15) is 0 Å². The summed E-state index contributed by atoms with van der Waals surface area (Å²) < 4.78 is 5.39. The van der Waals surface area contributed by atoms with E-state index in [4.69, 9.17) is 4.42 Å². The number of fused-ring (bicyclic) bond motifs is 1. The van der Waals surface area contributed by atoms with Gasteiger partial charge in [0.2, 0.25) is 0 Å². The normalized spacial score (nSPS) is 13.7. The maximum Gasteiger partial charge on any atom is 0.140 e. The molecule has 2 nitrogen and oxygen atoms in total. The van der Waals surface area contributed by atoms with Crippen LogP contribution in [-0.4, -0.2) is 5.11 Å². The summed E-state index contributed by atoms with van der Waals surface area (Å²) in [6, 6.07) is 7.87. The van der Waals surface area contributed by atoms with Crippen LogP contribution in [0, 0.1) is 5.92 Å². The highest BCUT2D eigenvalue weighted by atomic mass is 16.4. The Kier molecular flexibility index (Phi) is 2.30. The molecule has 1 aromatic heterocycles. The van der Waals surface area contributed by atoms with E-state index in [0.717, 1.165) is 10.8 Å². The third-order valence-electron chi connectivity index (χ3n) is 2.44. The van der Waals surface area contributed by atoms with Crippen molar-refractivity contribution < 1.29 is 9.52 Å². The van der Waals surface area contributed by atoms with Crippen molar-refractivity contribution in [1.82, 2.24) is 0 Å². The van der Waals surface area contributed by atoms with Crippen LogP contribution in [0.1, 0.15) is 25.7 Å². The molecular weight excluding hydrogens is 176 g/mol. The summed E-state index contributed by atoms with van der Waals surface area (Å²) in [4.78, 5) is 0. The zero-order chi connectivity index (χ0) is 10.1. The van der Waals surface area contributed by atoms with Gasteiger partial charge in [-0.05, 0) is 5.92 Å². The second kappa shape index (κ2) is 3.46. The fraction of sp³-hybridized carbons (Fsp3) is 0.333. The molecule has 2 heteroatoms. The van der Waals surface area contributed by atoms with Crippen molar-refractivity contribution in [1.29, 1.82) is 0 Å². The van der Waals surface area contributed by atoms with Crippen LogP contribution in [0.4, 0.5) is 0 Å². The monoisotopic (exact) mass is 190 g/mol. The van der Waals surface area contributed by atoms with Gasteiger partial charge in [-0.3, -0.25) is 0 Å². The molecule has 1 N–H and O–H groups in total. The molecule has 0 fully saturated rings. The Bertz CT molecular complexity index is 429. The van der Waals surface area contributed by atoms with Crippen molar-refractivity contribution in [3.05, 3.63) is 36.3 Å². The summed E-state index contributed by atoms with van der Waals surface area (Å²) >= 11 is 0. The van der Waals surface area contributed by atoms with E-state index < -0.39 is 6.10 Å². The first kappa shape index (κ1) is 9.28. The Labute approximate surface area is 83.2 Å². The highest BCUT2D eigenvalue weighted by Crippen LogP contribution is 2.29. The molecule has 0 bridgehead atoms. The summed E-state index contributed by atoms with van der Waals surface area (Å²) in [5, 5.41) is 11.9. The summed E-state index contributed by atoms with van der Waals surface area (Å²) in [6.45, 7) is 3.95. The minimum absolute atomic E-state index is 0.171. The Balaban J connectivity index is 2.53. The van der Waals surface area contributed by atoms with Gasteiger partial charge in [0.25, 0.3) is 0 Å². The SMILES string of the molecule is CC(C)C(O)c1occ2ccccc12. The molecule has 0 aliphatic rings. The van der Waals surface area contributed by atoms with Gasteiger partial charge in [0.1, 0.15) is 11.9 Å². The number of hydrogen-bond donors (Lipinski definition) is 1. The number of benzene rings is 1. The van der Waals surface area contributed by atoms with E-state index in [0.29, 0.717) is 5.76 Å². The number of rotatable bonds is 2. The highest BCUT2D eigenvalue weighted by Gasteiger charge is 2.18. The van der Waals surface area contributed by atoms with Crippen LogP contribution in [-0.2, 0) is 0 Å². The van der Waals surface area contributed by atoms with E-state index in [-0.39, 0.29) is 5.92 Å². The molecule has 2 rings (SSSR count). The average molecular weight is 190 g/mol. The van der Waals surface area contributed by atoms with E-state index in [2.05, 4.69) is 0 Å². The van der Waals surface area contributed by atoms with Gasteiger partial charge in [-0.25, -0.2) is 0 Å². The maximum atomic E-state index is 9.89. The molecule has 14 heavy (non-hydrogen) atoms. The molecule has 0 saturated heterocycles. The first-order valence-corrected chi connectivity index (χ1v) is 4.84. The lowest BCUT2D eigenvalue weighted by molar-refractivity contribution is 0.104. The van der Waals surface area contributed by atoms with Crippen LogP contribution in [0.15, 0.2) is 34.9 Å². The third kappa shape index (κ3) is 1.42.